The molecular formula is C19H16O7. The third kappa shape index (κ3) is 3.46. The van der Waals surface area contributed by atoms with Gasteiger partial charge in [-0.25, -0.2) is 4.79 Å². The molecule has 0 radical (unpaired) electrons. The highest BCUT2D eigenvalue weighted by atomic mass is 16.5. The summed E-state index contributed by atoms with van der Waals surface area (Å²) in [6.07, 6.45) is 1.57. The fraction of sp³-hybridized carbons (Fsp3) is 0.158. The molecule has 3 rings (SSSR count). The molecule has 0 aromatic heterocycles. The number of carboxylic acids is 1. The lowest BCUT2D eigenvalue weighted by atomic mass is 10.1. The molecule has 0 saturated heterocycles. The molecule has 0 saturated carbocycles. The molecule has 0 aliphatic carbocycles. The first-order chi connectivity index (χ1) is 12.5. The van der Waals surface area contributed by atoms with E-state index in [9.17, 15) is 9.59 Å². The maximum Gasteiger partial charge on any atom is 0.341 e. The summed E-state index contributed by atoms with van der Waals surface area (Å²) in [5.74, 6) is 0.552. The van der Waals surface area contributed by atoms with Gasteiger partial charge in [-0.05, 0) is 36.4 Å². The van der Waals surface area contributed by atoms with E-state index < -0.39 is 12.6 Å². The predicted octanol–water partition coefficient (Wildman–Crippen LogP) is 2.78. The second kappa shape index (κ2) is 7.18. The van der Waals surface area contributed by atoms with Crippen LogP contribution in [0, 0.1) is 0 Å². The van der Waals surface area contributed by atoms with Crippen LogP contribution in [0.5, 0.6) is 23.0 Å². The van der Waals surface area contributed by atoms with Crippen molar-refractivity contribution in [3.8, 4) is 23.0 Å². The molecule has 0 unspecified atom stereocenters. The minimum Gasteiger partial charge on any atom is -0.497 e. The smallest absolute Gasteiger partial charge is 0.341 e. The second-order valence-electron chi connectivity index (χ2n) is 5.39. The first kappa shape index (κ1) is 17.3. The topological polar surface area (TPSA) is 91.3 Å². The van der Waals surface area contributed by atoms with Gasteiger partial charge in [0.2, 0.25) is 5.78 Å². The molecule has 2 aromatic rings. The van der Waals surface area contributed by atoms with Crippen molar-refractivity contribution in [3.05, 3.63) is 53.3 Å². The number of methoxy groups -OCH3 is 2. The third-order valence-electron chi connectivity index (χ3n) is 3.73. The highest BCUT2D eigenvalue weighted by Gasteiger charge is 2.28. The molecule has 1 heterocycles. The Bertz CT molecular complexity index is 899. The Labute approximate surface area is 149 Å². The van der Waals surface area contributed by atoms with E-state index in [1.165, 1.54) is 19.2 Å². The van der Waals surface area contributed by atoms with Crippen LogP contribution in [0.3, 0.4) is 0 Å². The summed E-state index contributed by atoms with van der Waals surface area (Å²) < 4.78 is 21.2. The van der Waals surface area contributed by atoms with Crippen LogP contribution in [0.15, 0.2) is 42.2 Å². The van der Waals surface area contributed by atoms with Gasteiger partial charge in [0.25, 0.3) is 0 Å². The quantitative estimate of drug-likeness (QED) is 0.796. The Morgan fingerprint density at radius 1 is 1.12 bits per heavy atom. The van der Waals surface area contributed by atoms with Crippen molar-refractivity contribution < 1.29 is 33.6 Å². The summed E-state index contributed by atoms with van der Waals surface area (Å²) in [6, 6.07) is 9.76. The predicted molar refractivity (Wildman–Crippen MR) is 92.1 cm³/mol. The number of hydrogen-bond donors (Lipinski definition) is 1. The summed E-state index contributed by atoms with van der Waals surface area (Å²) in [5, 5.41) is 8.67. The Hall–Kier alpha value is -3.48. The average molecular weight is 356 g/mol. The van der Waals surface area contributed by atoms with E-state index in [1.54, 1.807) is 37.5 Å². The zero-order valence-electron chi connectivity index (χ0n) is 14.1. The maximum atomic E-state index is 12.5. The Morgan fingerprint density at radius 2 is 1.88 bits per heavy atom. The van der Waals surface area contributed by atoms with Crippen molar-refractivity contribution in [2.24, 2.45) is 0 Å². The number of ketones is 1. The molecule has 1 aliphatic rings. The standard InChI is InChI=1S/C19H16O7/c1-23-12-4-6-15(24-2)11(7-12)8-17-19(22)14-5-3-13(9-16(14)26-17)25-10-18(20)21/h3-9H,10H2,1-2H3,(H,20,21)/b17-8+. The number of allylic oxidation sites excluding steroid dienone is 1. The number of hydrogen-bond acceptors (Lipinski definition) is 6. The van der Waals surface area contributed by atoms with Crippen LogP contribution >= 0.6 is 0 Å². The largest absolute Gasteiger partial charge is 0.497 e. The van der Waals surface area contributed by atoms with Crippen LogP contribution in [0.4, 0.5) is 0 Å². The normalized spacial score (nSPS) is 13.9. The molecule has 7 nitrogen and oxygen atoms in total. The molecule has 0 atom stereocenters. The first-order valence-corrected chi connectivity index (χ1v) is 7.66. The van der Waals surface area contributed by atoms with Gasteiger partial charge in [-0.1, -0.05) is 0 Å². The van der Waals surface area contributed by atoms with Gasteiger partial charge in [-0.15, -0.1) is 0 Å². The number of Topliss-reactive ketones (excluding diaryl/α,β-unsaturated/α-hetero) is 1. The highest BCUT2D eigenvalue weighted by molar-refractivity contribution is 6.14. The van der Waals surface area contributed by atoms with Crippen molar-refractivity contribution in [3.63, 3.8) is 0 Å². The zero-order chi connectivity index (χ0) is 18.7. The molecule has 2 aromatic carbocycles. The first-order valence-electron chi connectivity index (χ1n) is 7.66. The average Bonchev–Trinajstić information content (AvgIpc) is 2.95. The number of benzene rings is 2. The van der Waals surface area contributed by atoms with E-state index in [0.717, 1.165) is 0 Å². The van der Waals surface area contributed by atoms with Gasteiger partial charge in [-0.2, -0.15) is 0 Å². The summed E-state index contributed by atoms with van der Waals surface area (Å²) in [7, 11) is 3.08. The molecule has 1 aliphatic heterocycles. The van der Waals surface area contributed by atoms with Crippen molar-refractivity contribution in [2.75, 3.05) is 20.8 Å². The fourth-order valence-electron chi connectivity index (χ4n) is 2.50. The molecule has 0 bridgehead atoms. The van der Waals surface area contributed by atoms with Crippen molar-refractivity contribution in [1.82, 2.24) is 0 Å². The summed E-state index contributed by atoms with van der Waals surface area (Å²) >= 11 is 0. The minimum absolute atomic E-state index is 0.127. The van der Waals surface area contributed by atoms with E-state index in [1.807, 2.05) is 0 Å². The number of ether oxygens (including phenoxy) is 4. The number of fused-ring (bicyclic) bond motifs is 1. The van der Waals surface area contributed by atoms with E-state index >= 15 is 0 Å². The molecule has 0 amide bonds. The zero-order valence-corrected chi connectivity index (χ0v) is 14.1. The minimum atomic E-state index is -1.09. The van der Waals surface area contributed by atoms with Gasteiger partial charge in [0.1, 0.15) is 23.0 Å². The summed E-state index contributed by atoms with van der Waals surface area (Å²) in [4.78, 5) is 23.1. The SMILES string of the molecule is COc1ccc(OC)c(/C=C2/Oc3cc(OCC(=O)O)ccc3C2=O)c1. The molecular weight excluding hydrogens is 340 g/mol. The van der Waals surface area contributed by atoms with Crippen LogP contribution < -0.4 is 18.9 Å². The van der Waals surface area contributed by atoms with E-state index in [-0.39, 0.29) is 11.5 Å². The van der Waals surface area contributed by atoms with Crippen molar-refractivity contribution >= 4 is 17.8 Å². The highest BCUT2D eigenvalue weighted by Crippen LogP contribution is 2.36. The molecule has 134 valence electrons. The van der Waals surface area contributed by atoms with E-state index in [4.69, 9.17) is 24.1 Å². The van der Waals surface area contributed by atoms with Gasteiger partial charge < -0.3 is 24.1 Å². The van der Waals surface area contributed by atoms with Gasteiger partial charge in [0.15, 0.2) is 12.4 Å². The lowest BCUT2D eigenvalue weighted by molar-refractivity contribution is -0.139. The lowest BCUT2D eigenvalue weighted by Crippen LogP contribution is -2.09. The molecule has 7 heteroatoms. The van der Waals surface area contributed by atoms with Crippen LogP contribution in [-0.2, 0) is 4.79 Å². The molecule has 26 heavy (non-hydrogen) atoms. The number of carboxylic acid groups (broad SMARTS) is 1. The van der Waals surface area contributed by atoms with Gasteiger partial charge in [-0.3, -0.25) is 4.79 Å². The lowest BCUT2D eigenvalue weighted by Gasteiger charge is -2.08. The number of carbonyl (C=O) groups is 2. The van der Waals surface area contributed by atoms with Crippen LogP contribution in [0.1, 0.15) is 15.9 Å². The van der Waals surface area contributed by atoms with Crippen molar-refractivity contribution in [1.29, 1.82) is 0 Å². The molecule has 1 N–H and O–H groups in total. The second-order valence-corrected chi connectivity index (χ2v) is 5.39. The van der Waals surface area contributed by atoms with Crippen LogP contribution in [0.25, 0.3) is 6.08 Å². The summed E-state index contributed by atoms with van der Waals surface area (Å²) in [6.45, 7) is -0.476. The fourth-order valence-corrected chi connectivity index (χ4v) is 2.50. The Balaban J connectivity index is 1.90. The number of carbonyl (C=O) groups excluding carboxylic acids is 1. The van der Waals surface area contributed by atoms with Gasteiger partial charge in [0, 0.05) is 11.6 Å². The molecule has 0 fully saturated rings. The van der Waals surface area contributed by atoms with Gasteiger partial charge >= 0.3 is 5.97 Å². The number of rotatable bonds is 6. The maximum absolute atomic E-state index is 12.5. The monoisotopic (exact) mass is 356 g/mol. The Morgan fingerprint density at radius 3 is 2.58 bits per heavy atom. The van der Waals surface area contributed by atoms with Gasteiger partial charge in [0.05, 0.1) is 19.8 Å². The van der Waals surface area contributed by atoms with E-state index in [0.29, 0.717) is 34.1 Å². The third-order valence-corrected chi connectivity index (χ3v) is 3.73. The molecule has 0 spiro atoms. The Kier molecular flexibility index (Phi) is 4.79. The number of aliphatic carboxylic acids is 1. The van der Waals surface area contributed by atoms with E-state index in [2.05, 4.69) is 0 Å². The van der Waals surface area contributed by atoms with Crippen LogP contribution in [-0.4, -0.2) is 37.7 Å². The summed E-state index contributed by atoms with van der Waals surface area (Å²) in [5.41, 5.74) is 1.01. The van der Waals surface area contributed by atoms with Crippen LogP contribution in [0.2, 0.25) is 0 Å². The van der Waals surface area contributed by atoms with Crippen molar-refractivity contribution in [2.45, 2.75) is 0 Å².